The van der Waals surface area contributed by atoms with Crippen molar-refractivity contribution >= 4 is 11.8 Å². The van der Waals surface area contributed by atoms with Crippen molar-refractivity contribution in [1.82, 2.24) is 10.2 Å². The van der Waals surface area contributed by atoms with Gasteiger partial charge in [0.25, 0.3) is 0 Å². The molecule has 6 nitrogen and oxygen atoms in total. The number of nitrogens with one attached hydrogen (secondary N) is 1. The van der Waals surface area contributed by atoms with Crippen LogP contribution in [0.1, 0.15) is 64.4 Å². The maximum absolute atomic E-state index is 12.8. The van der Waals surface area contributed by atoms with Crippen molar-refractivity contribution in [3.05, 3.63) is 23.8 Å². The molecule has 2 aliphatic rings. The molecule has 1 heterocycles. The molecule has 1 aromatic carbocycles. The molecular formula is C23H34N2O4. The SMILES string of the molecule is CCOc1ccc(CCNC(=O)[C@@H]2CCC(=O)N2C2CCCCC2)cc1OCC. The molecule has 0 bridgehead atoms. The fourth-order valence-electron chi connectivity index (χ4n) is 4.48. The standard InChI is InChI=1S/C23H34N2O4/c1-3-28-20-12-10-17(16-21(20)29-4-2)14-15-24-23(27)19-11-13-22(26)25(19)18-8-6-5-7-9-18/h10,12,16,18-19H,3-9,11,13-15H2,1-2H3,(H,24,27)/t19-/m0/s1. The number of benzene rings is 1. The number of nitrogens with zero attached hydrogens (tertiary/aromatic N) is 1. The molecule has 160 valence electrons. The summed E-state index contributed by atoms with van der Waals surface area (Å²) in [5, 5.41) is 3.05. The fraction of sp³-hybridized carbons (Fsp3) is 0.652. The number of carbonyl (C=O) groups is 2. The number of hydrogen-bond donors (Lipinski definition) is 1. The number of hydrogen-bond acceptors (Lipinski definition) is 4. The summed E-state index contributed by atoms with van der Waals surface area (Å²) in [4.78, 5) is 27.1. The summed E-state index contributed by atoms with van der Waals surface area (Å²) in [5.41, 5.74) is 1.09. The second-order valence-corrected chi connectivity index (χ2v) is 7.84. The molecule has 1 N–H and O–H groups in total. The highest BCUT2D eigenvalue weighted by Crippen LogP contribution is 2.30. The Kier molecular flexibility index (Phi) is 7.78. The average Bonchev–Trinajstić information content (AvgIpc) is 3.12. The Balaban J connectivity index is 1.55. The zero-order valence-electron chi connectivity index (χ0n) is 17.7. The van der Waals surface area contributed by atoms with E-state index in [1.807, 2.05) is 36.9 Å². The van der Waals surface area contributed by atoms with Crippen LogP contribution in [0.25, 0.3) is 0 Å². The first-order valence-corrected chi connectivity index (χ1v) is 11.1. The van der Waals surface area contributed by atoms with E-state index in [4.69, 9.17) is 9.47 Å². The van der Waals surface area contributed by atoms with Crippen LogP contribution in [0.3, 0.4) is 0 Å². The first kappa shape index (κ1) is 21.5. The lowest BCUT2D eigenvalue weighted by Gasteiger charge is -2.35. The molecule has 1 saturated carbocycles. The molecule has 0 spiro atoms. The minimum atomic E-state index is -0.301. The van der Waals surface area contributed by atoms with Gasteiger partial charge in [-0.2, -0.15) is 0 Å². The quantitative estimate of drug-likeness (QED) is 0.687. The van der Waals surface area contributed by atoms with Gasteiger partial charge < -0.3 is 19.7 Å². The van der Waals surface area contributed by atoms with Crippen LogP contribution in [-0.4, -0.2) is 48.6 Å². The summed E-state index contributed by atoms with van der Waals surface area (Å²) in [6, 6.07) is 5.85. The second kappa shape index (κ2) is 10.5. The highest BCUT2D eigenvalue weighted by Gasteiger charge is 2.40. The van der Waals surface area contributed by atoms with Crippen LogP contribution in [0, 0.1) is 0 Å². The van der Waals surface area contributed by atoms with Crippen LogP contribution in [0.2, 0.25) is 0 Å². The van der Waals surface area contributed by atoms with Gasteiger partial charge in [-0.1, -0.05) is 25.3 Å². The number of carbonyl (C=O) groups excluding carboxylic acids is 2. The van der Waals surface area contributed by atoms with Gasteiger partial charge in [0.05, 0.1) is 13.2 Å². The fourth-order valence-corrected chi connectivity index (χ4v) is 4.48. The van der Waals surface area contributed by atoms with E-state index in [0.29, 0.717) is 39.0 Å². The van der Waals surface area contributed by atoms with Gasteiger partial charge in [0.2, 0.25) is 11.8 Å². The number of ether oxygens (including phenoxy) is 2. The summed E-state index contributed by atoms with van der Waals surface area (Å²) in [6.45, 7) is 5.61. The van der Waals surface area contributed by atoms with Crippen molar-refractivity contribution in [3.8, 4) is 11.5 Å². The second-order valence-electron chi connectivity index (χ2n) is 7.84. The number of amides is 2. The van der Waals surface area contributed by atoms with Crippen LogP contribution >= 0.6 is 0 Å². The third-order valence-corrected chi connectivity index (χ3v) is 5.85. The van der Waals surface area contributed by atoms with Gasteiger partial charge in [-0.15, -0.1) is 0 Å². The van der Waals surface area contributed by atoms with E-state index >= 15 is 0 Å². The summed E-state index contributed by atoms with van der Waals surface area (Å²) >= 11 is 0. The van der Waals surface area contributed by atoms with Crippen molar-refractivity contribution in [2.75, 3.05) is 19.8 Å². The van der Waals surface area contributed by atoms with Gasteiger partial charge in [0, 0.05) is 19.0 Å². The molecule has 6 heteroatoms. The van der Waals surface area contributed by atoms with Crippen LogP contribution < -0.4 is 14.8 Å². The third kappa shape index (κ3) is 5.43. The maximum Gasteiger partial charge on any atom is 0.242 e. The van der Waals surface area contributed by atoms with Crippen molar-refractivity contribution in [2.45, 2.75) is 77.3 Å². The molecule has 1 atom stereocenters. The Labute approximate surface area is 173 Å². The number of rotatable bonds is 9. The summed E-state index contributed by atoms with van der Waals surface area (Å²) < 4.78 is 11.3. The highest BCUT2D eigenvalue weighted by molar-refractivity contribution is 5.91. The van der Waals surface area contributed by atoms with Crippen LogP contribution in [-0.2, 0) is 16.0 Å². The number of likely N-dealkylation sites (tertiary alicyclic amines) is 1. The maximum atomic E-state index is 12.8. The van der Waals surface area contributed by atoms with Gasteiger partial charge in [-0.25, -0.2) is 0 Å². The molecule has 1 aromatic rings. The molecule has 3 rings (SSSR count). The Bertz CT molecular complexity index is 700. The van der Waals surface area contributed by atoms with Gasteiger partial charge >= 0.3 is 0 Å². The Morgan fingerprint density at radius 3 is 2.52 bits per heavy atom. The summed E-state index contributed by atoms with van der Waals surface area (Å²) in [6.07, 6.45) is 7.45. The van der Waals surface area contributed by atoms with E-state index in [2.05, 4.69) is 5.32 Å². The molecule has 1 aliphatic carbocycles. The average molecular weight is 403 g/mol. The Morgan fingerprint density at radius 2 is 1.79 bits per heavy atom. The van der Waals surface area contributed by atoms with E-state index in [9.17, 15) is 9.59 Å². The van der Waals surface area contributed by atoms with Crippen LogP contribution in [0.15, 0.2) is 18.2 Å². The smallest absolute Gasteiger partial charge is 0.242 e. The zero-order chi connectivity index (χ0) is 20.6. The van der Waals surface area contributed by atoms with E-state index in [1.165, 1.54) is 6.42 Å². The lowest BCUT2D eigenvalue weighted by atomic mass is 9.93. The molecule has 0 aromatic heterocycles. The van der Waals surface area contributed by atoms with Gasteiger partial charge in [0.1, 0.15) is 6.04 Å². The largest absolute Gasteiger partial charge is 0.490 e. The van der Waals surface area contributed by atoms with Gasteiger partial charge in [0.15, 0.2) is 11.5 Å². The van der Waals surface area contributed by atoms with Crippen molar-refractivity contribution in [1.29, 1.82) is 0 Å². The molecule has 1 aliphatic heterocycles. The van der Waals surface area contributed by atoms with E-state index < -0.39 is 0 Å². The minimum Gasteiger partial charge on any atom is -0.490 e. The molecule has 29 heavy (non-hydrogen) atoms. The van der Waals surface area contributed by atoms with Crippen molar-refractivity contribution in [3.63, 3.8) is 0 Å². The normalized spacial score (nSPS) is 20.0. The topological polar surface area (TPSA) is 67.9 Å². The van der Waals surface area contributed by atoms with E-state index in [-0.39, 0.29) is 23.9 Å². The van der Waals surface area contributed by atoms with Crippen molar-refractivity contribution < 1.29 is 19.1 Å². The molecule has 2 amide bonds. The zero-order valence-corrected chi connectivity index (χ0v) is 17.7. The predicted octanol–water partition coefficient (Wildman–Crippen LogP) is 3.47. The minimum absolute atomic E-state index is 0.0163. The summed E-state index contributed by atoms with van der Waals surface area (Å²) in [5.74, 6) is 1.61. The Hall–Kier alpha value is -2.24. The molecule has 0 unspecified atom stereocenters. The molecular weight excluding hydrogens is 368 g/mol. The Morgan fingerprint density at radius 1 is 1.07 bits per heavy atom. The molecule has 2 fully saturated rings. The van der Waals surface area contributed by atoms with Gasteiger partial charge in [-0.05, 0) is 57.2 Å². The first-order valence-electron chi connectivity index (χ1n) is 11.1. The lowest BCUT2D eigenvalue weighted by molar-refractivity contribution is -0.138. The van der Waals surface area contributed by atoms with Crippen LogP contribution in [0.4, 0.5) is 0 Å². The van der Waals surface area contributed by atoms with E-state index in [0.717, 1.165) is 42.7 Å². The summed E-state index contributed by atoms with van der Waals surface area (Å²) in [7, 11) is 0. The third-order valence-electron chi connectivity index (χ3n) is 5.85. The van der Waals surface area contributed by atoms with Crippen LogP contribution in [0.5, 0.6) is 11.5 Å². The predicted molar refractivity (Wildman–Crippen MR) is 112 cm³/mol. The molecule has 0 radical (unpaired) electrons. The highest BCUT2D eigenvalue weighted by atomic mass is 16.5. The monoisotopic (exact) mass is 402 g/mol. The first-order chi connectivity index (χ1) is 14.1. The van der Waals surface area contributed by atoms with Crippen molar-refractivity contribution in [2.24, 2.45) is 0 Å². The molecule has 1 saturated heterocycles. The lowest BCUT2D eigenvalue weighted by Crippen LogP contribution is -2.50. The van der Waals surface area contributed by atoms with E-state index in [1.54, 1.807) is 0 Å². The van der Waals surface area contributed by atoms with Gasteiger partial charge in [-0.3, -0.25) is 9.59 Å².